The fourth-order valence-electron chi connectivity index (χ4n) is 2.43. The molecule has 0 heterocycles. The lowest BCUT2D eigenvalue weighted by Gasteiger charge is -2.29. The average molecular weight is 872 g/mol. The van der Waals surface area contributed by atoms with Crippen LogP contribution >= 0.6 is 0 Å². The van der Waals surface area contributed by atoms with E-state index in [9.17, 15) is 39.6 Å². The lowest BCUT2D eigenvalue weighted by atomic mass is 9.96. The third-order valence-electron chi connectivity index (χ3n) is 5.57. The summed E-state index contributed by atoms with van der Waals surface area (Å²) in [5, 5.41) is 108. The quantitative estimate of drug-likeness (QED) is 0.0667. The zero-order valence-corrected chi connectivity index (χ0v) is 39.2. The normalized spacial score (nSPS) is 11.5. The SMILES string of the molecule is CC(=O)[O-].CC(O)CC(=O)[O-].C[N+](C)(C)CCO.C[N+](C)(C)CCO.C[N+](C)(C)CCO.C[N+](C)(C)CCO.C[N+](C)(C)CCO.O=C([O-])CC(O)(CC(=O)[O-])C(=O)[O-]. The monoisotopic (exact) mass is 872 g/mol. The fraction of sp³-hybridized carbons (Fsp3) is 0.865. The zero-order valence-electron chi connectivity index (χ0n) is 39.2. The molecule has 0 fully saturated rings. The molecular formula is C37H85N5O17. The molecule has 0 aromatic heterocycles. The fourth-order valence-corrected chi connectivity index (χ4v) is 2.43. The van der Waals surface area contributed by atoms with E-state index in [-0.39, 0.29) is 39.5 Å². The number of carbonyl (C=O) groups excluding carboxylic acids is 5. The number of likely N-dealkylation sites (N-methyl/N-ethyl adjacent to an activating group) is 5. The van der Waals surface area contributed by atoms with Gasteiger partial charge in [-0.3, -0.25) is 0 Å². The van der Waals surface area contributed by atoms with E-state index in [0.29, 0.717) is 0 Å². The van der Waals surface area contributed by atoms with Crippen LogP contribution in [-0.4, -0.2) is 271 Å². The highest BCUT2D eigenvalue weighted by Crippen LogP contribution is 2.13. The van der Waals surface area contributed by atoms with Crippen LogP contribution in [0.25, 0.3) is 0 Å². The van der Waals surface area contributed by atoms with Crippen LogP contribution in [0.15, 0.2) is 0 Å². The maximum absolute atomic E-state index is 10.1. The van der Waals surface area contributed by atoms with Crippen LogP contribution in [0.3, 0.4) is 0 Å². The Labute approximate surface area is 353 Å². The Morgan fingerprint density at radius 3 is 0.661 bits per heavy atom. The number of hydrogen-bond donors (Lipinski definition) is 7. The van der Waals surface area contributed by atoms with Gasteiger partial charge in [0.25, 0.3) is 0 Å². The van der Waals surface area contributed by atoms with Gasteiger partial charge in [-0.1, -0.05) is 0 Å². The topological polar surface area (TPSA) is 342 Å². The van der Waals surface area contributed by atoms with Gasteiger partial charge in [-0.25, -0.2) is 0 Å². The smallest absolute Gasteiger partial charge is 0.114 e. The van der Waals surface area contributed by atoms with Crippen molar-refractivity contribution in [1.29, 1.82) is 0 Å². The molecule has 22 nitrogen and oxygen atoms in total. The molecule has 0 aliphatic heterocycles. The van der Waals surface area contributed by atoms with E-state index in [0.717, 1.165) is 62.1 Å². The molecule has 22 heteroatoms. The second-order valence-corrected chi connectivity index (χ2v) is 18.0. The summed E-state index contributed by atoms with van der Waals surface area (Å²) in [6, 6.07) is 0. The standard InChI is InChI=1S/C6H8O7.5C5H14NO.C4H8O3.C2H4O2/c7-3(8)1-6(13,5(11)12)2-4(9)10;5*1-6(2,3)4-5-7;1-3(5)2-4(6)7;1-2(3)4/h13H,1-2H2,(H,7,8)(H,9,10)(H,11,12);5*7H,4-5H2,1-3H3;3,5H,2H2,1H3,(H,6,7);1H3,(H,3,4)/q;5*+1;;/p-5. The van der Waals surface area contributed by atoms with Gasteiger partial charge in [0.05, 0.1) is 151 Å². The highest BCUT2D eigenvalue weighted by Gasteiger charge is 2.29. The number of hydrogen-bond acceptors (Lipinski definition) is 17. The number of carboxylic acid groups (broad SMARTS) is 5. The molecule has 0 saturated carbocycles. The van der Waals surface area contributed by atoms with Crippen molar-refractivity contribution < 1.29 is 108 Å². The van der Waals surface area contributed by atoms with Crippen LogP contribution in [0, 0.1) is 0 Å². The molecule has 7 N–H and O–H groups in total. The minimum Gasteiger partial charge on any atom is -0.550 e. The third kappa shape index (κ3) is 113. The number of rotatable bonds is 17. The zero-order chi connectivity index (χ0) is 49.7. The van der Waals surface area contributed by atoms with Gasteiger partial charge in [0.1, 0.15) is 38.3 Å². The van der Waals surface area contributed by atoms with Crippen molar-refractivity contribution in [2.24, 2.45) is 0 Å². The molecule has 0 radical (unpaired) electrons. The molecule has 1 atom stereocenters. The van der Waals surface area contributed by atoms with Crippen LogP contribution in [0.4, 0.5) is 0 Å². The Balaban J connectivity index is -0.0000000857. The molecule has 0 aliphatic carbocycles. The van der Waals surface area contributed by atoms with Crippen LogP contribution in [0.1, 0.15) is 33.1 Å². The number of carboxylic acids is 5. The van der Waals surface area contributed by atoms with Crippen LogP contribution < -0.4 is 25.5 Å². The largest absolute Gasteiger partial charge is 0.550 e. The molecule has 360 valence electrons. The average Bonchev–Trinajstić information content (AvgIpc) is 2.90. The Morgan fingerprint density at radius 1 is 0.458 bits per heavy atom. The summed E-state index contributed by atoms with van der Waals surface area (Å²) in [5.41, 5.74) is -2.97. The number of aliphatic carboxylic acids is 5. The summed E-state index contributed by atoms with van der Waals surface area (Å²) < 4.78 is 4.22. The van der Waals surface area contributed by atoms with Crippen LogP contribution in [0.5, 0.6) is 0 Å². The van der Waals surface area contributed by atoms with Crippen LogP contribution in [0.2, 0.25) is 0 Å². The molecule has 0 bridgehead atoms. The van der Waals surface area contributed by atoms with Gasteiger partial charge in [-0.05, 0) is 13.8 Å². The van der Waals surface area contributed by atoms with Crippen molar-refractivity contribution in [3.8, 4) is 0 Å². The predicted molar refractivity (Wildman–Crippen MR) is 211 cm³/mol. The van der Waals surface area contributed by atoms with E-state index in [1.807, 2.05) is 0 Å². The lowest BCUT2D eigenvalue weighted by molar-refractivity contribution is -0.870. The van der Waals surface area contributed by atoms with E-state index in [4.69, 9.17) is 45.6 Å². The molecule has 0 saturated heterocycles. The minimum atomic E-state index is -2.97. The second kappa shape index (κ2) is 39.0. The molecule has 0 spiro atoms. The first-order chi connectivity index (χ1) is 25.9. The first-order valence-electron chi connectivity index (χ1n) is 18.4. The van der Waals surface area contributed by atoms with E-state index in [1.165, 1.54) is 6.92 Å². The molecular weight excluding hydrogens is 786 g/mol. The molecule has 0 amide bonds. The number of quaternary nitrogens is 5. The summed E-state index contributed by atoms with van der Waals surface area (Å²) in [7, 11) is 30.8. The van der Waals surface area contributed by atoms with Crippen molar-refractivity contribution in [1.82, 2.24) is 0 Å². The summed E-state index contributed by atoms with van der Waals surface area (Å²) in [6.07, 6.45) is -3.78. The van der Waals surface area contributed by atoms with E-state index in [2.05, 4.69) is 106 Å². The second-order valence-electron chi connectivity index (χ2n) is 18.0. The Bertz CT molecular complexity index is 931. The first-order valence-corrected chi connectivity index (χ1v) is 18.4. The lowest BCUT2D eigenvalue weighted by Crippen LogP contribution is -2.54. The Morgan fingerprint density at radius 2 is 0.627 bits per heavy atom. The van der Waals surface area contributed by atoms with Gasteiger partial charge in [0.15, 0.2) is 0 Å². The predicted octanol–water partition coefficient (Wildman–Crippen LogP) is -9.56. The van der Waals surface area contributed by atoms with Crippen molar-refractivity contribution in [3.05, 3.63) is 0 Å². The van der Waals surface area contributed by atoms with Crippen molar-refractivity contribution in [2.75, 3.05) is 171 Å². The van der Waals surface area contributed by atoms with Gasteiger partial charge in [0.2, 0.25) is 0 Å². The van der Waals surface area contributed by atoms with E-state index in [1.54, 1.807) is 0 Å². The number of nitrogens with zero attached hydrogens (tertiary/aromatic N) is 5. The van der Waals surface area contributed by atoms with Crippen molar-refractivity contribution >= 4 is 29.8 Å². The number of aliphatic hydroxyl groups excluding tert-OH is 6. The van der Waals surface area contributed by atoms with Crippen LogP contribution in [-0.2, 0) is 24.0 Å². The van der Waals surface area contributed by atoms with Crippen molar-refractivity contribution in [3.63, 3.8) is 0 Å². The maximum atomic E-state index is 10.1. The van der Waals surface area contributed by atoms with Gasteiger partial charge >= 0.3 is 0 Å². The summed E-state index contributed by atoms with van der Waals surface area (Å²) >= 11 is 0. The minimum absolute atomic E-state index is 0.278. The summed E-state index contributed by atoms with van der Waals surface area (Å²) in [5.74, 6) is -8.28. The summed E-state index contributed by atoms with van der Waals surface area (Å²) in [4.78, 5) is 48.4. The van der Waals surface area contributed by atoms with Gasteiger partial charge in [0, 0.05) is 43.1 Å². The van der Waals surface area contributed by atoms with Gasteiger partial charge in [-0.2, -0.15) is 0 Å². The Kier molecular flexibility index (Phi) is 48.6. The summed E-state index contributed by atoms with van der Waals surface area (Å²) in [6.45, 7) is 7.94. The highest BCUT2D eigenvalue weighted by atomic mass is 16.4. The van der Waals surface area contributed by atoms with Gasteiger partial charge in [-0.15, -0.1) is 0 Å². The Hall–Kier alpha value is -3.13. The number of aliphatic hydroxyl groups is 7. The molecule has 59 heavy (non-hydrogen) atoms. The van der Waals surface area contributed by atoms with Crippen molar-refractivity contribution in [2.45, 2.75) is 44.8 Å². The van der Waals surface area contributed by atoms with Gasteiger partial charge < -0.3 is 108 Å². The molecule has 1 unspecified atom stereocenters. The molecule has 0 aromatic rings. The molecule has 0 aliphatic rings. The highest BCUT2D eigenvalue weighted by molar-refractivity contribution is 5.86. The van der Waals surface area contributed by atoms with E-state index >= 15 is 0 Å². The number of carbonyl (C=O) groups is 5. The third-order valence-corrected chi connectivity index (χ3v) is 5.57. The maximum Gasteiger partial charge on any atom is 0.114 e. The molecule has 0 rings (SSSR count). The molecule has 0 aromatic carbocycles. The first kappa shape index (κ1) is 73.4. The van der Waals surface area contributed by atoms with E-state index < -0.39 is 54.4 Å².